The highest BCUT2D eigenvalue weighted by molar-refractivity contribution is 6.29. The molecule has 0 aliphatic heterocycles. The van der Waals surface area contributed by atoms with Crippen LogP contribution in [-0.4, -0.2) is 24.1 Å². The minimum absolute atomic E-state index is 0.555. The van der Waals surface area contributed by atoms with Crippen LogP contribution in [0.15, 0.2) is 205 Å². The zero-order chi connectivity index (χ0) is 41.2. The van der Waals surface area contributed by atoms with Gasteiger partial charge in [0.25, 0.3) is 0 Å². The van der Waals surface area contributed by atoms with E-state index in [1.54, 1.807) is 0 Å². The maximum absolute atomic E-state index is 6.20. The molecule has 0 radical (unpaired) electrons. The Kier molecular flexibility index (Phi) is 7.02. The molecule has 0 aliphatic rings. The predicted octanol–water partition coefficient (Wildman–Crippen LogP) is 14.8. The van der Waals surface area contributed by atoms with Crippen molar-refractivity contribution in [2.24, 2.45) is 0 Å². The second kappa shape index (κ2) is 12.9. The summed E-state index contributed by atoms with van der Waals surface area (Å²) in [7, 11) is 0. The first-order valence-corrected chi connectivity index (χ1v) is 21.3. The third kappa shape index (κ3) is 4.91. The van der Waals surface area contributed by atoms with Gasteiger partial charge in [0, 0.05) is 49.1 Å². The number of aromatic nitrogens is 5. The molecule has 4 aromatic heterocycles. The molecule has 0 atom stereocenters. The van der Waals surface area contributed by atoms with Crippen LogP contribution in [0.4, 0.5) is 0 Å². The van der Waals surface area contributed by atoms with E-state index in [4.69, 9.17) is 19.4 Å². The van der Waals surface area contributed by atoms with Gasteiger partial charge in [-0.2, -0.15) is 9.97 Å². The monoisotopic (exact) mass is 803 g/mol. The van der Waals surface area contributed by atoms with Gasteiger partial charge < -0.3 is 8.98 Å². The molecule has 0 bridgehead atoms. The summed E-state index contributed by atoms with van der Waals surface area (Å²) < 4.78 is 10.9. The lowest BCUT2D eigenvalue weighted by Crippen LogP contribution is -2.06. The van der Waals surface area contributed by atoms with Gasteiger partial charge >= 0.3 is 0 Å². The number of para-hydroxylation sites is 3. The molecule has 292 valence electrons. The number of hydrogen-bond acceptors (Lipinski definition) is 4. The van der Waals surface area contributed by atoms with Crippen LogP contribution >= 0.6 is 0 Å². The van der Waals surface area contributed by atoms with E-state index in [1.165, 1.54) is 43.1 Å². The standard InChI is InChI=1S/C57H33N5O/c1-2-14-34(15-3-1)55-58-56(35-26-31-52-46(32-35)42-20-10-13-25-51(42)63-52)60-57(59-55)62-48-24-12-9-22-44(48)54-50(62)30-29-49-53(54)43-21-8-11-23-47(43)61(49)36-27-28-41-39-18-5-4-16-37(39)38-17-6-7-19-40(38)45(41)33-36/h1-33H. The van der Waals surface area contributed by atoms with Crippen LogP contribution in [0.3, 0.4) is 0 Å². The van der Waals surface area contributed by atoms with Crippen molar-refractivity contribution in [1.82, 2.24) is 24.1 Å². The van der Waals surface area contributed by atoms with Gasteiger partial charge in [-0.15, -0.1) is 0 Å². The molecule has 0 spiro atoms. The Bertz CT molecular complexity index is 4180. The lowest BCUT2D eigenvalue weighted by atomic mass is 9.94. The molecule has 0 saturated heterocycles. The summed E-state index contributed by atoms with van der Waals surface area (Å²) in [5.74, 6) is 1.75. The molecule has 0 N–H and O–H groups in total. The van der Waals surface area contributed by atoms with Crippen LogP contribution in [0.25, 0.3) is 132 Å². The average molecular weight is 804 g/mol. The molecule has 6 heteroatoms. The van der Waals surface area contributed by atoms with Crippen molar-refractivity contribution < 1.29 is 4.42 Å². The number of fused-ring (bicyclic) bond motifs is 16. The second-order valence-electron chi connectivity index (χ2n) is 16.3. The zero-order valence-electron chi connectivity index (χ0n) is 33.7. The van der Waals surface area contributed by atoms with E-state index in [0.29, 0.717) is 17.6 Å². The fourth-order valence-corrected chi connectivity index (χ4v) is 10.2. The zero-order valence-corrected chi connectivity index (χ0v) is 33.7. The van der Waals surface area contributed by atoms with Crippen molar-refractivity contribution in [2.45, 2.75) is 0 Å². The van der Waals surface area contributed by atoms with Gasteiger partial charge in [0.05, 0.1) is 22.1 Å². The van der Waals surface area contributed by atoms with E-state index in [0.717, 1.165) is 71.6 Å². The van der Waals surface area contributed by atoms with E-state index >= 15 is 0 Å². The summed E-state index contributed by atoms with van der Waals surface area (Å²) in [6.07, 6.45) is 0. The molecule has 4 heterocycles. The first-order chi connectivity index (χ1) is 31.2. The third-order valence-corrected chi connectivity index (χ3v) is 12.9. The maximum Gasteiger partial charge on any atom is 0.238 e. The topological polar surface area (TPSA) is 61.7 Å². The van der Waals surface area contributed by atoms with E-state index in [-0.39, 0.29) is 0 Å². The van der Waals surface area contributed by atoms with Gasteiger partial charge in [-0.1, -0.05) is 140 Å². The summed E-state index contributed by atoms with van der Waals surface area (Å²) >= 11 is 0. The van der Waals surface area contributed by atoms with E-state index in [1.807, 2.05) is 48.5 Å². The number of nitrogens with zero attached hydrogens (tertiary/aromatic N) is 5. The maximum atomic E-state index is 6.20. The van der Waals surface area contributed by atoms with Crippen LogP contribution in [0.2, 0.25) is 0 Å². The van der Waals surface area contributed by atoms with Crippen molar-refractivity contribution >= 4 is 97.9 Å². The highest BCUT2D eigenvalue weighted by Crippen LogP contribution is 2.44. The molecule has 10 aromatic carbocycles. The molecule has 63 heavy (non-hydrogen) atoms. The highest BCUT2D eigenvalue weighted by atomic mass is 16.3. The van der Waals surface area contributed by atoms with Crippen molar-refractivity contribution in [3.05, 3.63) is 200 Å². The molecule has 6 nitrogen and oxygen atoms in total. The third-order valence-electron chi connectivity index (χ3n) is 12.9. The average Bonchev–Trinajstić information content (AvgIpc) is 4.01. The molecule has 0 amide bonds. The van der Waals surface area contributed by atoms with Crippen LogP contribution in [-0.2, 0) is 0 Å². The van der Waals surface area contributed by atoms with Gasteiger partial charge in [0.2, 0.25) is 5.95 Å². The summed E-state index contributed by atoms with van der Waals surface area (Å²) in [5, 5.41) is 14.3. The molecule has 14 rings (SSSR count). The molecule has 0 fully saturated rings. The lowest BCUT2D eigenvalue weighted by Gasteiger charge is -2.14. The van der Waals surface area contributed by atoms with Crippen molar-refractivity contribution in [2.75, 3.05) is 0 Å². The fraction of sp³-hybridized carbons (Fsp3) is 0. The van der Waals surface area contributed by atoms with Gasteiger partial charge in [-0.05, 0) is 93.0 Å². The van der Waals surface area contributed by atoms with E-state index in [9.17, 15) is 0 Å². The minimum atomic E-state index is 0.555. The van der Waals surface area contributed by atoms with Gasteiger partial charge in [-0.25, -0.2) is 4.98 Å². The Labute approximate surface area is 359 Å². The number of hydrogen-bond donors (Lipinski definition) is 0. The van der Waals surface area contributed by atoms with Gasteiger partial charge in [-0.3, -0.25) is 4.57 Å². The molecular formula is C57H33N5O. The Morgan fingerprint density at radius 1 is 0.302 bits per heavy atom. The largest absolute Gasteiger partial charge is 0.456 e. The molecule has 0 aliphatic carbocycles. The van der Waals surface area contributed by atoms with Crippen molar-refractivity contribution in [1.29, 1.82) is 0 Å². The molecule has 0 unspecified atom stereocenters. The predicted molar refractivity (Wildman–Crippen MR) is 259 cm³/mol. The number of benzene rings is 10. The highest BCUT2D eigenvalue weighted by Gasteiger charge is 2.23. The quantitative estimate of drug-likeness (QED) is 0.166. The van der Waals surface area contributed by atoms with Crippen molar-refractivity contribution in [3.63, 3.8) is 0 Å². The van der Waals surface area contributed by atoms with Crippen LogP contribution in [0.1, 0.15) is 0 Å². The molecular weight excluding hydrogens is 771 g/mol. The molecule has 0 saturated carbocycles. The Morgan fingerprint density at radius 2 is 0.810 bits per heavy atom. The lowest BCUT2D eigenvalue weighted by molar-refractivity contribution is 0.669. The summed E-state index contributed by atoms with van der Waals surface area (Å²) in [6, 6.07) is 71.0. The minimum Gasteiger partial charge on any atom is -0.456 e. The molecule has 14 aromatic rings. The van der Waals surface area contributed by atoms with E-state index < -0.39 is 0 Å². The second-order valence-corrected chi connectivity index (χ2v) is 16.3. The van der Waals surface area contributed by atoms with Crippen LogP contribution in [0, 0.1) is 0 Å². The van der Waals surface area contributed by atoms with E-state index in [2.05, 4.69) is 161 Å². The number of rotatable bonds is 4. The Balaban J connectivity index is 1.04. The summed E-state index contributed by atoms with van der Waals surface area (Å²) in [5.41, 5.74) is 8.94. The van der Waals surface area contributed by atoms with Gasteiger partial charge in [0.1, 0.15) is 11.2 Å². The Morgan fingerprint density at radius 3 is 1.49 bits per heavy atom. The smallest absolute Gasteiger partial charge is 0.238 e. The number of furan rings is 1. The van der Waals surface area contributed by atoms with Crippen molar-refractivity contribution in [3.8, 4) is 34.4 Å². The van der Waals surface area contributed by atoms with Crippen LogP contribution < -0.4 is 0 Å². The summed E-state index contributed by atoms with van der Waals surface area (Å²) in [6.45, 7) is 0. The first kappa shape index (κ1) is 34.1. The summed E-state index contributed by atoms with van der Waals surface area (Å²) in [4.78, 5) is 15.7. The van der Waals surface area contributed by atoms with Gasteiger partial charge in [0.15, 0.2) is 11.6 Å². The fourth-order valence-electron chi connectivity index (χ4n) is 10.2. The Hall–Kier alpha value is -8.61. The van der Waals surface area contributed by atoms with Crippen LogP contribution in [0.5, 0.6) is 0 Å². The first-order valence-electron chi connectivity index (χ1n) is 21.3. The normalized spacial score (nSPS) is 12.1. The SMILES string of the molecule is c1ccc(-c2nc(-c3ccc4oc5ccccc5c4c3)nc(-n3c4ccccc4c4c5c6ccccc6n(-c6ccc7c8ccccc8c8ccccc8c7c6)c5ccc43)n2)cc1.